The van der Waals surface area contributed by atoms with Gasteiger partial charge >= 0.3 is 0 Å². The van der Waals surface area contributed by atoms with Crippen molar-refractivity contribution >= 4 is 49.3 Å². The van der Waals surface area contributed by atoms with Gasteiger partial charge in [0, 0.05) is 23.1 Å². The van der Waals surface area contributed by atoms with Gasteiger partial charge in [0.25, 0.3) is 0 Å². The van der Waals surface area contributed by atoms with Crippen molar-refractivity contribution in [1.29, 1.82) is 0 Å². The van der Waals surface area contributed by atoms with Crippen LogP contribution in [0, 0.1) is 0 Å². The summed E-state index contributed by atoms with van der Waals surface area (Å²) in [5, 5.41) is 3.08. The average Bonchev–Trinajstić information content (AvgIpc) is 2.03. The van der Waals surface area contributed by atoms with Crippen molar-refractivity contribution in [2.75, 3.05) is 17.7 Å². The van der Waals surface area contributed by atoms with E-state index < -0.39 is 0 Å². The maximum Gasteiger partial charge on any atom is 0.140 e. The van der Waals surface area contributed by atoms with Crippen LogP contribution >= 0.6 is 43.5 Å². The van der Waals surface area contributed by atoms with Gasteiger partial charge in [-0.05, 0) is 37.9 Å². The number of hydrogen-bond donors (Lipinski definition) is 1. The molecule has 1 rings (SSSR count). The van der Waals surface area contributed by atoms with Gasteiger partial charge in [-0.2, -0.15) is 0 Å². The highest BCUT2D eigenvalue weighted by atomic mass is 79.9. The molecule has 5 heteroatoms. The minimum absolute atomic E-state index is 0.574. The number of nitrogens with zero attached hydrogens (tertiary/aromatic N) is 1. The van der Waals surface area contributed by atoms with Crippen LogP contribution in [-0.4, -0.2) is 17.4 Å². The minimum Gasteiger partial charge on any atom is -0.368 e. The van der Waals surface area contributed by atoms with Crippen molar-refractivity contribution in [2.45, 2.75) is 0 Å². The van der Waals surface area contributed by atoms with E-state index in [1.54, 1.807) is 6.20 Å². The Bertz CT molecular complexity index is 268. The number of pyridine rings is 1. The summed E-state index contributed by atoms with van der Waals surface area (Å²) in [5.41, 5.74) is 0. The van der Waals surface area contributed by atoms with Crippen LogP contribution in [0.1, 0.15) is 0 Å². The number of nitrogens with one attached hydrogen (secondary N) is 1. The lowest BCUT2D eigenvalue weighted by Gasteiger charge is -2.04. The predicted octanol–water partition coefficient (Wildman–Crippen LogP) is 3.26. The van der Waals surface area contributed by atoms with Crippen LogP contribution < -0.4 is 5.32 Å². The van der Waals surface area contributed by atoms with E-state index in [0.29, 0.717) is 5.88 Å². The zero-order valence-electron chi connectivity index (χ0n) is 6.15. The first-order valence-electron chi connectivity index (χ1n) is 3.35. The van der Waals surface area contributed by atoms with Crippen molar-refractivity contribution in [2.24, 2.45) is 0 Å². The van der Waals surface area contributed by atoms with E-state index in [-0.39, 0.29) is 0 Å². The second-order valence-electron chi connectivity index (χ2n) is 2.10. The van der Waals surface area contributed by atoms with Crippen LogP contribution in [0.3, 0.4) is 0 Å². The average molecular weight is 314 g/mol. The zero-order valence-corrected chi connectivity index (χ0v) is 10.1. The smallest absolute Gasteiger partial charge is 0.140 e. The number of hydrogen-bond acceptors (Lipinski definition) is 2. The molecule has 66 valence electrons. The molecule has 1 heterocycles. The molecule has 0 amide bonds. The molecule has 1 aromatic heterocycles. The zero-order chi connectivity index (χ0) is 8.97. The molecule has 0 fully saturated rings. The fraction of sp³-hybridized carbons (Fsp3) is 0.286. The Kier molecular flexibility index (Phi) is 4.32. The van der Waals surface area contributed by atoms with Crippen molar-refractivity contribution in [3.8, 4) is 0 Å². The third-order valence-electron chi connectivity index (χ3n) is 1.19. The van der Waals surface area contributed by atoms with Gasteiger partial charge in [0.05, 0.1) is 4.47 Å². The van der Waals surface area contributed by atoms with E-state index in [0.717, 1.165) is 21.3 Å². The molecule has 1 aromatic rings. The van der Waals surface area contributed by atoms with Crippen LogP contribution in [0.15, 0.2) is 21.2 Å². The summed E-state index contributed by atoms with van der Waals surface area (Å²) in [6.07, 6.45) is 1.74. The van der Waals surface area contributed by atoms with Gasteiger partial charge in [0.1, 0.15) is 5.82 Å². The molecule has 0 aliphatic carbocycles. The molecule has 2 nitrogen and oxygen atoms in total. The normalized spacial score (nSPS) is 9.92. The van der Waals surface area contributed by atoms with E-state index in [1.807, 2.05) is 6.07 Å². The van der Waals surface area contributed by atoms with E-state index in [4.69, 9.17) is 11.6 Å². The van der Waals surface area contributed by atoms with Crippen molar-refractivity contribution in [3.05, 3.63) is 21.2 Å². The first-order chi connectivity index (χ1) is 5.74. The fourth-order valence-corrected chi connectivity index (χ4v) is 1.93. The second kappa shape index (κ2) is 5.04. The van der Waals surface area contributed by atoms with Gasteiger partial charge in [-0.3, -0.25) is 0 Å². The monoisotopic (exact) mass is 312 g/mol. The van der Waals surface area contributed by atoms with Crippen LogP contribution in [0.4, 0.5) is 5.82 Å². The highest BCUT2D eigenvalue weighted by Gasteiger charge is 1.99. The Hall–Kier alpha value is 0.200. The molecular formula is C7H7Br2ClN2. The standard InChI is InChI=1S/C7H7Br2ClN2/c8-5-3-6(9)7(12-4-5)11-2-1-10/h3-4H,1-2H2,(H,11,12). The first-order valence-corrected chi connectivity index (χ1v) is 5.47. The third kappa shape index (κ3) is 2.92. The SMILES string of the molecule is ClCCNc1ncc(Br)cc1Br. The van der Waals surface area contributed by atoms with Gasteiger partial charge in [-0.15, -0.1) is 11.6 Å². The van der Waals surface area contributed by atoms with Gasteiger partial charge in [-0.1, -0.05) is 0 Å². The molecule has 12 heavy (non-hydrogen) atoms. The predicted molar refractivity (Wildman–Crippen MR) is 58.8 cm³/mol. The van der Waals surface area contributed by atoms with Crippen LogP contribution in [0.5, 0.6) is 0 Å². The quantitative estimate of drug-likeness (QED) is 0.866. The maximum absolute atomic E-state index is 5.52. The summed E-state index contributed by atoms with van der Waals surface area (Å²) in [6, 6.07) is 1.93. The molecule has 0 aliphatic rings. The van der Waals surface area contributed by atoms with Gasteiger partial charge in [0.15, 0.2) is 0 Å². The summed E-state index contributed by atoms with van der Waals surface area (Å²) >= 11 is 12.2. The second-order valence-corrected chi connectivity index (χ2v) is 4.25. The number of anilines is 1. The largest absolute Gasteiger partial charge is 0.368 e. The summed E-state index contributed by atoms with van der Waals surface area (Å²) < 4.78 is 1.88. The van der Waals surface area contributed by atoms with Crippen LogP contribution in [0.2, 0.25) is 0 Å². The summed E-state index contributed by atoms with van der Waals surface area (Å²) in [6.45, 7) is 0.717. The highest BCUT2D eigenvalue weighted by molar-refractivity contribution is 9.11. The molecule has 0 unspecified atom stereocenters. The fourth-order valence-electron chi connectivity index (χ4n) is 0.710. The molecule has 0 spiro atoms. The molecule has 0 atom stereocenters. The van der Waals surface area contributed by atoms with E-state index in [1.165, 1.54) is 0 Å². The molecule has 1 N–H and O–H groups in total. The highest BCUT2D eigenvalue weighted by Crippen LogP contribution is 2.22. The van der Waals surface area contributed by atoms with E-state index >= 15 is 0 Å². The lowest BCUT2D eigenvalue weighted by Crippen LogP contribution is -2.04. The number of alkyl halides is 1. The number of rotatable bonds is 3. The van der Waals surface area contributed by atoms with E-state index in [9.17, 15) is 0 Å². The topological polar surface area (TPSA) is 24.9 Å². The Morgan fingerprint density at radius 1 is 1.50 bits per heavy atom. The molecular weight excluding hydrogens is 307 g/mol. The molecule has 0 saturated heterocycles. The van der Waals surface area contributed by atoms with Gasteiger partial charge in [0.2, 0.25) is 0 Å². The number of aromatic nitrogens is 1. The Balaban J connectivity index is 2.72. The van der Waals surface area contributed by atoms with E-state index in [2.05, 4.69) is 42.2 Å². The van der Waals surface area contributed by atoms with Gasteiger partial charge < -0.3 is 5.32 Å². The van der Waals surface area contributed by atoms with Crippen molar-refractivity contribution in [1.82, 2.24) is 4.98 Å². The Labute approximate surface area is 93.0 Å². The van der Waals surface area contributed by atoms with Gasteiger partial charge in [-0.25, -0.2) is 4.98 Å². The Morgan fingerprint density at radius 2 is 2.25 bits per heavy atom. The summed E-state index contributed by atoms with van der Waals surface area (Å²) in [4.78, 5) is 4.15. The molecule has 0 saturated carbocycles. The molecule has 0 aromatic carbocycles. The first kappa shape index (κ1) is 10.3. The molecule has 0 bridgehead atoms. The third-order valence-corrected chi connectivity index (χ3v) is 2.42. The van der Waals surface area contributed by atoms with Crippen LogP contribution in [0.25, 0.3) is 0 Å². The maximum atomic E-state index is 5.52. The minimum atomic E-state index is 0.574. The summed E-state index contributed by atoms with van der Waals surface area (Å²) in [7, 11) is 0. The molecule has 0 radical (unpaired) electrons. The lowest BCUT2D eigenvalue weighted by molar-refractivity contribution is 1.15. The molecule has 0 aliphatic heterocycles. The van der Waals surface area contributed by atoms with Crippen LogP contribution in [-0.2, 0) is 0 Å². The Morgan fingerprint density at radius 3 is 2.83 bits per heavy atom. The summed E-state index contributed by atoms with van der Waals surface area (Å²) in [5.74, 6) is 1.39. The van der Waals surface area contributed by atoms with Crippen molar-refractivity contribution < 1.29 is 0 Å². The van der Waals surface area contributed by atoms with Crippen molar-refractivity contribution in [3.63, 3.8) is 0 Å². The lowest BCUT2D eigenvalue weighted by atomic mass is 10.4. The number of halogens is 3.